The van der Waals surface area contributed by atoms with Gasteiger partial charge >= 0.3 is 0 Å². The third-order valence-corrected chi connectivity index (χ3v) is 3.76. The number of hydrogen-bond donors (Lipinski definition) is 1. The van der Waals surface area contributed by atoms with Gasteiger partial charge in [0.2, 0.25) is 0 Å². The van der Waals surface area contributed by atoms with Crippen molar-refractivity contribution in [3.63, 3.8) is 0 Å². The molecule has 1 N–H and O–H groups in total. The van der Waals surface area contributed by atoms with Crippen molar-refractivity contribution >= 4 is 0 Å². The number of fused-ring (bicyclic) bond motifs is 1. The smallest absolute Gasteiger partial charge is 0.0551 e. The van der Waals surface area contributed by atoms with Gasteiger partial charge in [0.05, 0.1) is 6.10 Å². The average Bonchev–Trinajstić information content (AvgIpc) is 2.23. The molecule has 0 saturated heterocycles. The topological polar surface area (TPSA) is 20.2 Å². The Morgan fingerprint density at radius 2 is 2.14 bits per heavy atom. The van der Waals surface area contributed by atoms with Gasteiger partial charge in [-0.1, -0.05) is 24.6 Å². The van der Waals surface area contributed by atoms with Gasteiger partial charge in [-0.25, -0.2) is 0 Å². The van der Waals surface area contributed by atoms with Crippen molar-refractivity contribution in [3.8, 4) is 0 Å². The molecule has 0 amide bonds. The van der Waals surface area contributed by atoms with E-state index in [4.69, 9.17) is 0 Å². The lowest BCUT2D eigenvalue weighted by Crippen LogP contribution is -2.26. The fraction of sp³-hybridized carbons (Fsp3) is 0.692. The first-order valence-electron chi connectivity index (χ1n) is 5.68. The van der Waals surface area contributed by atoms with Crippen LogP contribution in [0.25, 0.3) is 0 Å². The predicted octanol–water partition coefficient (Wildman–Crippen LogP) is 3.20. The second-order valence-corrected chi connectivity index (χ2v) is 5.04. The van der Waals surface area contributed by atoms with E-state index in [2.05, 4.69) is 26.0 Å². The minimum absolute atomic E-state index is 0.0975. The van der Waals surface area contributed by atoms with Crippen LogP contribution in [0.4, 0.5) is 0 Å². The maximum absolute atomic E-state index is 9.83. The first-order valence-corrected chi connectivity index (χ1v) is 5.68. The summed E-state index contributed by atoms with van der Waals surface area (Å²) in [7, 11) is 0. The molecule has 1 heteroatoms. The molecule has 0 bridgehead atoms. The number of aliphatic hydroxyl groups excluding tert-OH is 1. The Kier molecular flexibility index (Phi) is 2.52. The van der Waals surface area contributed by atoms with E-state index >= 15 is 0 Å². The lowest BCUT2D eigenvalue weighted by Gasteiger charge is -2.36. The summed E-state index contributed by atoms with van der Waals surface area (Å²) in [5.41, 5.74) is 3.18. The Bertz CT molecular complexity index is 288. The molecule has 0 aliphatic heterocycles. The maximum atomic E-state index is 9.83. The summed E-state index contributed by atoms with van der Waals surface area (Å²) < 4.78 is 0. The number of hydrogen-bond acceptors (Lipinski definition) is 1. The van der Waals surface area contributed by atoms with Crippen LogP contribution < -0.4 is 0 Å². The Hall–Kier alpha value is -0.560. The lowest BCUT2D eigenvalue weighted by molar-refractivity contribution is 0.115. The summed E-state index contributed by atoms with van der Waals surface area (Å²) in [6.07, 6.45) is 9.89. The van der Waals surface area contributed by atoms with Crippen molar-refractivity contribution in [2.24, 2.45) is 5.41 Å². The number of allylic oxidation sites excluding steroid dienone is 4. The quantitative estimate of drug-likeness (QED) is 0.625. The van der Waals surface area contributed by atoms with Crippen LogP contribution in [-0.2, 0) is 0 Å². The fourth-order valence-corrected chi connectivity index (χ4v) is 2.99. The fourth-order valence-electron chi connectivity index (χ4n) is 2.99. The monoisotopic (exact) mass is 192 g/mol. The van der Waals surface area contributed by atoms with Gasteiger partial charge in [0, 0.05) is 0 Å². The van der Waals surface area contributed by atoms with Gasteiger partial charge in [0.15, 0.2) is 0 Å². The average molecular weight is 192 g/mol. The third-order valence-electron chi connectivity index (χ3n) is 3.76. The van der Waals surface area contributed by atoms with Crippen LogP contribution in [0.2, 0.25) is 0 Å². The molecule has 1 nitrogen and oxygen atoms in total. The summed E-state index contributed by atoms with van der Waals surface area (Å²) in [4.78, 5) is 0. The van der Waals surface area contributed by atoms with Gasteiger partial charge < -0.3 is 5.11 Å². The van der Waals surface area contributed by atoms with E-state index in [9.17, 15) is 5.11 Å². The summed E-state index contributed by atoms with van der Waals surface area (Å²) in [6.45, 7) is 4.52. The van der Waals surface area contributed by atoms with E-state index in [0.29, 0.717) is 0 Å². The Labute approximate surface area is 86.5 Å². The van der Waals surface area contributed by atoms with E-state index < -0.39 is 0 Å². The predicted molar refractivity (Wildman–Crippen MR) is 59.0 cm³/mol. The van der Waals surface area contributed by atoms with E-state index in [1.807, 2.05) is 0 Å². The highest BCUT2D eigenvalue weighted by Crippen LogP contribution is 2.46. The van der Waals surface area contributed by atoms with Crippen molar-refractivity contribution in [1.29, 1.82) is 0 Å². The molecule has 0 unspecified atom stereocenters. The van der Waals surface area contributed by atoms with Gasteiger partial charge in [0.25, 0.3) is 0 Å². The van der Waals surface area contributed by atoms with Gasteiger partial charge in [-0.05, 0) is 50.0 Å². The lowest BCUT2D eigenvalue weighted by atomic mass is 9.69. The molecule has 2 rings (SSSR count). The molecular weight excluding hydrogens is 172 g/mol. The minimum atomic E-state index is -0.0975. The largest absolute Gasteiger partial charge is 0.393 e. The van der Waals surface area contributed by atoms with Crippen LogP contribution in [0.15, 0.2) is 23.3 Å². The minimum Gasteiger partial charge on any atom is -0.393 e. The summed E-state index contributed by atoms with van der Waals surface area (Å²) >= 11 is 0. The van der Waals surface area contributed by atoms with Gasteiger partial charge in [-0.15, -0.1) is 0 Å². The standard InChI is InChI=1S/C13H20O/c1-10-5-4-8-13(2)9-11(14)6-3-7-12(10)13/h5,7,11,14H,3-4,6,8-9H2,1-2H3/t11-,13-/m0/s1. The molecular formula is C13H20O. The Morgan fingerprint density at radius 1 is 1.36 bits per heavy atom. The molecule has 78 valence electrons. The van der Waals surface area contributed by atoms with Crippen molar-refractivity contribution in [2.45, 2.75) is 52.1 Å². The molecule has 2 aliphatic carbocycles. The van der Waals surface area contributed by atoms with E-state index in [1.54, 1.807) is 0 Å². The van der Waals surface area contributed by atoms with E-state index in [1.165, 1.54) is 24.0 Å². The van der Waals surface area contributed by atoms with Crippen LogP contribution in [0.1, 0.15) is 46.0 Å². The first kappa shape index (κ1) is 9.97. The molecule has 0 heterocycles. The Balaban J connectivity index is 2.34. The zero-order valence-corrected chi connectivity index (χ0v) is 9.21. The van der Waals surface area contributed by atoms with E-state index in [-0.39, 0.29) is 11.5 Å². The van der Waals surface area contributed by atoms with Crippen molar-refractivity contribution in [2.75, 3.05) is 0 Å². The summed E-state index contributed by atoms with van der Waals surface area (Å²) in [5, 5.41) is 9.83. The van der Waals surface area contributed by atoms with Gasteiger partial charge in [0.1, 0.15) is 0 Å². The molecule has 0 aromatic carbocycles. The molecule has 14 heavy (non-hydrogen) atoms. The second-order valence-electron chi connectivity index (χ2n) is 5.04. The molecule has 0 saturated carbocycles. The zero-order chi connectivity index (χ0) is 10.2. The van der Waals surface area contributed by atoms with Crippen LogP contribution in [0, 0.1) is 5.41 Å². The van der Waals surface area contributed by atoms with Gasteiger partial charge in [-0.3, -0.25) is 0 Å². The van der Waals surface area contributed by atoms with Gasteiger partial charge in [-0.2, -0.15) is 0 Å². The molecule has 0 aromatic rings. The third kappa shape index (κ3) is 1.66. The molecule has 0 spiro atoms. The second kappa shape index (κ2) is 3.54. The molecule has 2 atom stereocenters. The van der Waals surface area contributed by atoms with Crippen molar-refractivity contribution in [3.05, 3.63) is 23.3 Å². The van der Waals surface area contributed by atoms with Crippen molar-refractivity contribution < 1.29 is 5.11 Å². The highest BCUT2D eigenvalue weighted by Gasteiger charge is 2.34. The highest BCUT2D eigenvalue weighted by molar-refractivity contribution is 5.38. The first-order chi connectivity index (χ1) is 6.62. The highest BCUT2D eigenvalue weighted by atomic mass is 16.3. The molecule has 0 aromatic heterocycles. The SMILES string of the molecule is CC1=CCC[C@@]2(C)C[C@@H](O)CCC=C12. The number of aliphatic hydroxyl groups is 1. The normalized spacial score (nSPS) is 38.1. The van der Waals surface area contributed by atoms with Crippen LogP contribution in [0.5, 0.6) is 0 Å². The maximum Gasteiger partial charge on any atom is 0.0551 e. The van der Waals surface area contributed by atoms with Crippen molar-refractivity contribution in [1.82, 2.24) is 0 Å². The summed E-state index contributed by atoms with van der Waals surface area (Å²) in [6, 6.07) is 0. The zero-order valence-electron chi connectivity index (χ0n) is 9.21. The molecule has 0 fully saturated rings. The number of rotatable bonds is 0. The summed E-state index contributed by atoms with van der Waals surface area (Å²) in [5.74, 6) is 0. The van der Waals surface area contributed by atoms with E-state index in [0.717, 1.165) is 19.3 Å². The molecule has 0 radical (unpaired) electrons. The van der Waals surface area contributed by atoms with Crippen LogP contribution >= 0.6 is 0 Å². The van der Waals surface area contributed by atoms with Crippen LogP contribution in [0.3, 0.4) is 0 Å². The van der Waals surface area contributed by atoms with Crippen LogP contribution in [-0.4, -0.2) is 11.2 Å². The molecule has 2 aliphatic rings. The Morgan fingerprint density at radius 3 is 2.93 bits per heavy atom.